The molecule has 540 valence electrons. The molecule has 4 aliphatic carbocycles. The van der Waals surface area contributed by atoms with Crippen molar-refractivity contribution < 1.29 is 62.4 Å². The van der Waals surface area contributed by atoms with E-state index in [2.05, 4.69) is 103 Å². The molecule has 8 aromatic rings. The molecule has 21 heteroatoms. The van der Waals surface area contributed by atoms with Crippen LogP contribution in [-0.4, -0.2) is 145 Å². The smallest absolute Gasteiger partial charge is 0.407 e. The van der Waals surface area contributed by atoms with Crippen molar-refractivity contribution in [3.05, 3.63) is 239 Å². The Labute approximate surface area is 606 Å². The number of hydrogen-bond donors (Lipinski definition) is 8. The van der Waals surface area contributed by atoms with E-state index in [1.165, 1.54) is 13.5 Å². The average Bonchev–Trinajstić information content (AvgIpc) is 1.64. The summed E-state index contributed by atoms with van der Waals surface area (Å²) in [4.78, 5) is 101. The summed E-state index contributed by atoms with van der Waals surface area (Å²) in [6.07, 6.45) is 1.41. The lowest BCUT2D eigenvalue weighted by Gasteiger charge is -2.24. The van der Waals surface area contributed by atoms with Crippen molar-refractivity contribution in [2.45, 2.75) is 99.6 Å². The predicted molar refractivity (Wildman–Crippen MR) is 398 cm³/mol. The van der Waals surface area contributed by atoms with Gasteiger partial charge in [0, 0.05) is 57.0 Å². The van der Waals surface area contributed by atoms with Gasteiger partial charge in [0.05, 0.1) is 13.7 Å². The second kappa shape index (κ2) is 37.0. The highest BCUT2D eigenvalue weighted by atomic mass is 16.6. The number of nitrogens with one attached hydrogen (secondary N) is 7. The molecular weight excluding hydrogens is 1320 g/mol. The van der Waals surface area contributed by atoms with Crippen LogP contribution in [0.5, 0.6) is 0 Å². The first-order valence-corrected chi connectivity index (χ1v) is 35.7. The van der Waals surface area contributed by atoms with Crippen molar-refractivity contribution in [1.29, 1.82) is 0 Å². The summed E-state index contributed by atoms with van der Waals surface area (Å²) >= 11 is 0. The monoisotopic (exact) mass is 1410 g/mol. The van der Waals surface area contributed by atoms with E-state index in [0.29, 0.717) is 38.5 Å². The molecule has 4 aliphatic rings. The van der Waals surface area contributed by atoms with Gasteiger partial charge in [-0.25, -0.2) is 19.2 Å². The molecule has 0 spiro atoms. The summed E-state index contributed by atoms with van der Waals surface area (Å²) in [5, 5.41) is 27.0. The number of ether oxygens (including phenoxy) is 5. The van der Waals surface area contributed by atoms with Crippen molar-refractivity contribution in [1.82, 2.24) is 37.2 Å². The third-order valence-corrected chi connectivity index (χ3v) is 19.5. The number of aliphatic hydroxyl groups is 1. The fraction of sp³-hybridized carbons (Fsp3) is 0.325. The zero-order valence-corrected chi connectivity index (χ0v) is 58.6. The maximum Gasteiger partial charge on any atom is 0.407 e. The van der Waals surface area contributed by atoms with Crippen LogP contribution < -0.4 is 37.2 Å². The molecular formula is C83H90N8O13. The number of alkyl carbamates (subject to hydrolysis) is 4. The number of aliphatic imine (C=N–C) groups is 1. The van der Waals surface area contributed by atoms with E-state index in [1.807, 2.05) is 133 Å². The van der Waals surface area contributed by atoms with Crippen LogP contribution in [0.25, 0.3) is 44.5 Å². The normalized spacial score (nSPS) is 13.6. The third kappa shape index (κ3) is 18.3. The SMILES string of the molecule is CO.COC=NCCNC(=O)C(CCCCNC(=O)C(CCCCNC(=O)OCC1c2ccccc2-c2ccccc21)NC(=O)OCC1c2ccccc2-c2ccccc21)NC(=O)C(CCCCNC(=O)OCC1c2ccccc2-c2ccccc21)NC(=O)OCC1c2ccccc2-c2ccccc21. The number of rotatable bonds is 33. The topological polar surface area (TPSA) is 282 Å². The molecule has 3 unspecified atom stereocenters. The van der Waals surface area contributed by atoms with Crippen LogP contribution in [0.15, 0.2) is 199 Å². The molecule has 12 rings (SSSR count). The van der Waals surface area contributed by atoms with Crippen LogP contribution in [-0.2, 0) is 38.1 Å². The van der Waals surface area contributed by atoms with Gasteiger partial charge < -0.3 is 66.0 Å². The predicted octanol–water partition coefficient (Wildman–Crippen LogP) is 12.4. The van der Waals surface area contributed by atoms with Crippen molar-refractivity contribution >= 4 is 48.5 Å². The number of methoxy groups -OCH3 is 1. The second-order valence-corrected chi connectivity index (χ2v) is 25.9. The summed E-state index contributed by atoms with van der Waals surface area (Å²) in [5.41, 5.74) is 17.3. The fourth-order valence-electron chi connectivity index (χ4n) is 14.6. The van der Waals surface area contributed by atoms with E-state index in [0.717, 1.165) is 96.1 Å². The number of fused-ring (bicyclic) bond motifs is 12. The van der Waals surface area contributed by atoms with Gasteiger partial charge in [0.1, 0.15) is 44.6 Å². The highest BCUT2D eigenvalue weighted by Gasteiger charge is 2.35. The van der Waals surface area contributed by atoms with Gasteiger partial charge in [0.15, 0.2) is 6.40 Å². The number of carbonyl (C=O) groups is 7. The third-order valence-electron chi connectivity index (χ3n) is 19.5. The maximum atomic E-state index is 14.6. The number of amides is 7. The number of unbranched alkanes of at least 4 members (excludes halogenated alkanes) is 3. The van der Waals surface area contributed by atoms with Crippen LogP contribution in [0.1, 0.15) is 126 Å². The van der Waals surface area contributed by atoms with Gasteiger partial charge in [-0.05, 0) is 147 Å². The largest absolute Gasteiger partial charge is 0.487 e. The number of hydrogen-bond acceptors (Lipinski definition) is 14. The highest BCUT2D eigenvalue weighted by molar-refractivity contribution is 5.92. The fourth-order valence-corrected chi connectivity index (χ4v) is 14.6. The maximum absolute atomic E-state index is 14.6. The standard InChI is InChI=1S/C82H86N8O12.CH4O/c1-98-52-83-46-47-85-76(91)73(88-78(93)75(90-82(97)102-51-72-67-38-16-8-30-59(67)60-31-9-17-39-68(60)72)42-20-23-45-87-80(95)100-49-70-63-34-12-4-26-55(63)56-27-5-13-35-64(56)70)40-18-21-43-84-77(92)74(89-81(96)101-50-71-65-36-14-6-28-57(65)58-29-7-15-37-66(58)71)41-19-22-44-86-79(94)99-48-69-61-32-10-2-24-53(61)54-25-3-11-33-62(54)69;1-2/h2-17,24-39,52,69-75H,18-23,40-51H2,1H3,(H,84,92)(H,85,91)(H,86,94)(H,87,95)(H,88,93)(H,89,96)(H,90,97);2H,1H3. The minimum absolute atomic E-state index is 0.000782. The van der Waals surface area contributed by atoms with Crippen molar-refractivity contribution in [3.63, 3.8) is 0 Å². The van der Waals surface area contributed by atoms with Crippen molar-refractivity contribution in [2.24, 2.45) is 4.99 Å². The quantitative estimate of drug-likeness (QED) is 0.00823. The molecule has 0 fully saturated rings. The van der Waals surface area contributed by atoms with Crippen LogP contribution in [0.3, 0.4) is 0 Å². The lowest BCUT2D eigenvalue weighted by Crippen LogP contribution is -2.54. The van der Waals surface area contributed by atoms with Crippen LogP contribution in [0, 0.1) is 0 Å². The first kappa shape index (κ1) is 73.9. The van der Waals surface area contributed by atoms with E-state index in [1.54, 1.807) is 0 Å². The van der Waals surface area contributed by atoms with Gasteiger partial charge in [-0.1, -0.05) is 194 Å². The van der Waals surface area contributed by atoms with Gasteiger partial charge >= 0.3 is 24.4 Å². The molecule has 8 N–H and O–H groups in total. The molecule has 7 amide bonds. The molecule has 3 atom stereocenters. The molecule has 21 nitrogen and oxygen atoms in total. The number of carbonyl (C=O) groups excluding carboxylic acids is 7. The van der Waals surface area contributed by atoms with E-state index in [-0.39, 0.29) is 102 Å². The Morgan fingerprint density at radius 2 is 0.587 bits per heavy atom. The Balaban J connectivity index is 0.00000537. The molecule has 0 aliphatic heterocycles. The Morgan fingerprint density at radius 1 is 0.337 bits per heavy atom. The highest BCUT2D eigenvalue weighted by Crippen LogP contribution is 2.48. The molecule has 0 aromatic heterocycles. The second-order valence-electron chi connectivity index (χ2n) is 25.9. The average molecular weight is 1410 g/mol. The Morgan fingerprint density at radius 3 is 0.885 bits per heavy atom. The Kier molecular flexibility index (Phi) is 26.3. The summed E-state index contributed by atoms with van der Waals surface area (Å²) in [6, 6.07) is 61.2. The summed E-state index contributed by atoms with van der Waals surface area (Å²) in [5.74, 6) is -2.24. The van der Waals surface area contributed by atoms with Crippen LogP contribution >= 0.6 is 0 Å². The minimum atomic E-state index is -1.17. The first-order valence-electron chi connectivity index (χ1n) is 35.7. The van der Waals surface area contributed by atoms with Crippen molar-refractivity contribution in [3.8, 4) is 44.5 Å². The van der Waals surface area contributed by atoms with Gasteiger partial charge in [-0.2, -0.15) is 0 Å². The molecule has 0 radical (unpaired) electrons. The Bertz CT molecular complexity index is 4150. The van der Waals surface area contributed by atoms with E-state index in [4.69, 9.17) is 28.8 Å². The zero-order valence-electron chi connectivity index (χ0n) is 58.6. The molecule has 8 aromatic carbocycles. The summed E-state index contributed by atoms with van der Waals surface area (Å²) in [7, 11) is 2.46. The van der Waals surface area contributed by atoms with Crippen LogP contribution in [0.4, 0.5) is 19.2 Å². The van der Waals surface area contributed by atoms with E-state index < -0.39 is 60.2 Å². The number of aliphatic hydroxyl groups excluding tert-OH is 1. The molecule has 0 saturated heterocycles. The lowest BCUT2D eigenvalue weighted by atomic mass is 9.98. The number of nitrogens with zero attached hydrogens (tertiary/aromatic N) is 1. The summed E-state index contributed by atoms with van der Waals surface area (Å²) in [6.45, 7) is 1.31. The first-order chi connectivity index (χ1) is 51.0. The summed E-state index contributed by atoms with van der Waals surface area (Å²) < 4.78 is 28.3. The van der Waals surface area contributed by atoms with E-state index >= 15 is 0 Å². The number of benzene rings is 8. The molecule has 0 saturated carbocycles. The van der Waals surface area contributed by atoms with Crippen molar-refractivity contribution in [2.75, 3.05) is 73.4 Å². The Hall–Kier alpha value is -11.3. The van der Waals surface area contributed by atoms with Gasteiger partial charge in [0.2, 0.25) is 17.7 Å². The minimum Gasteiger partial charge on any atom is -0.487 e. The zero-order chi connectivity index (χ0) is 72.6. The lowest BCUT2D eigenvalue weighted by molar-refractivity contribution is -0.130. The van der Waals surface area contributed by atoms with Gasteiger partial charge in [-0.3, -0.25) is 19.4 Å². The molecule has 104 heavy (non-hydrogen) atoms. The van der Waals surface area contributed by atoms with E-state index in [9.17, 15) is 33.6 Å². The van der Waals surface area contributed by atoms with Gasteiger partial charge in [-0.15, -0.1) is 0 Å². The van der Waals surface area contributed by atoms with Crippen LogP contribution in [0.2, 0.25) is 0 Å². The van der Waals surface area contributed by atoms with Gasteiger partial charge in [0.25, 0.3) is 0 Å². The molecule has 0 heterocycles. The molecule has 0 bridgehead atoms.